The number of aryl methyl sites for hydroxylation is 1. The molecule has 0 radical (unpaired) electrons. The molecular formula is C23H26N2NaO5+. The fourth-order valence-electron chi connectivity index (χ4n) is 3.97. The summed E-state index contributed by atoms with van der Waals surface area (Å²) in [5.41, 5.74) is -3.66. The van der Waals surface area contributed by atoms with Gasteiger partial charge in [0.1, 0.15) is 22.5 Å². The number of rotatable bonds is 10. The van der Waals surface area contributed by atoms with E-state index >= 15 is 0 Å². The summed E-state index contributed by atoms with van der Waals surface area (Å²) in [4.78, 5) is 40.3. The van der Waals surface area contributed by atoms with Gasteiger partial charge in [-0.15, -0.1) is 26.3 Å². The van der Waals surface area contributed by atoms with Crippen LogP contribution in [0.1, 0.15) is 31.4 Å². The van der Waals surface area contributed by atoms with Gasteiger partial charge >= 0.3 is 29.6 Å². The van der Waals surface area contributed by atoms with E-state index in [1.165, 1.54) is 30.4 Å². The third-order valence-electron chi connectivity index (χ3n) is 5.29. The van der Waals surface area contributed by atoms with Crippen LogP contribution >= 0.6 is 0 Å². The minimum atomic E-state index is -1.62. The standard InChI is InChI=1S/C23H26N2O5.Na/c1-6-10-22(11-7-2)18(26)17(20(28)24-16-14-15(5)30-25-16)19(27)23(12-8-3,13-9-4)21(22)29;/h6-9,14,26H,1-4,10-13H2,5H3,(H,24,25,28);/q;+1. The first-order valence-corrected chi connectivity index (χ1v) is 9.45. The number of aliphatic hydroxyl groups is 1. The van der Waals surface area contributed by atoms with Crippen LogP contribution in [0.5, 0.6) is 0 Å². The molecule has 1 heterocycles. The normalized spacial score (nSPS) is 16.8. The van der Waals surface area contributed by atoms with Crippen molar-refractivity contribution in [3.05, 3.63) is 73.8 Å². The van der Waals surface area contributed by atoms with E-state index in [1.54, 1.807) is 6.92 Å². The largest absolute Gasteiger partial charge is 1.00 e. The number of Topliss-reactive ketones (excluding diaryl/α,β-unsaturated/α-hetero) is 2. The third-order valence-corrected chi connectivity index (χ3v) is 5.29. The number of ketones is 2. The molecule has 2 N–H and O–H groups in total. The molecule has 8 heteroatoms. The SMILES string of the molecule is C=CCC1(CC=C)C(=O)C(C(=O)Nc2cc(C)on2)=C(O)C(CC=C)(CC=C)C1=O.[Na+]. The molecule has 0 saturated heterocycles. The molecule has 2 rings (SSSR count). The van der Waals surface area contributed by atoms with Gasteiger partial charge in [-0.05, 0) is 32.6 Å². The first-order chi connectivity index (χ1) is 14.2. The van der Waals surface area contributed by atoms with Crippen LogP contribution < -0.4 is 34.9 Å². The Hall–Kier alpha value is -2.48. The molecule has 7 nitrogen and oxygen atoms in total. The number of amides is 1. The summed E-state index contributed by atoms with van der Waals surface area (Å²) in [5.74, 6) is -2.24. The fraction of sp³-hybridized carbons (Fsp3) is 0.304. The Morgan fingerprint density at radius 2 is 1.55 bits per heavy atom. The van der Waals surface area contributed by atoms with Gasteiger partial charge in [-0.3, -0.25) is 14.4 Å². The van der Waals surface area contributed by atoms with Gasteiger partial charge in [0.05, 0.1) is 5.41 Å². The van der Waals surface area contributed by atoms with Crippen molar-refractivity contribution in [3.8, 4) is 0 Å². The maximum Gasteiger partial charge on any atom is 1.00 e. The molecule has 0 bridgehead atoms. The van der Waals surface area contributed by atoms with Crippen molar-refractivity contribution in [2.75, 3.05) is 5.32 Å². The number of carbonyl (C=O) groups is 3. The predicted molar refractivity (Wildman–Crippen MR) is 114 cm³/mol. The Morgan fingerprint density at radius 3 is 1.97 bits per heavy atom. The number of aromatic nitrogens is 1. The summed E-state index contributed by atoms with van der Waals surface area (Å²) in [7, 11) is 0. The fourth-order valence-corrected chi connectivity index (χ4v) is 3.97. The maximum absolute atomic E-state index is 13.7. The predicted octanol–water partition coefficient (Wildman–Crippen LogP) is 1.17. The quantitative estimate of drug-likeness (QED) is 0.248. The van der Waals surface area contributed by atoms with E-state index in [0.717, 1.165) is 0 Å². The molecule has 1 aliphatic carbocycles. The zero-order valence-electron chi connectivity index (χ0n) is 18.1. The zero-order valence-corrected chi connectivity index (χ0v) is 20.1. The monoisotopic (exact) mass is 433 g/mol. The van der Waals surface area contributed by atoms with Crippen molar-refractivity contribution in [2.24, 2.45) is 10.8 Å². The van der Waals surface area contributed by atoms with Crippen LogP contribution in [0, 0.1) is 17.8 Å². The van der Waals surface area contributed by atoms with E-state index in [9.17, 15) is 19.5 Å². The molecule has 1 aliphatic rings. The Morgan fingerprint density at radius 1 is 1.06 bits per heavy atom. The van der Waals surface area contributed by atoms with Gasteiger partial charge in [-0.2, -0.15) is 0 Å². The molecule has 0 spiro atoms. The van der Waals surface area contributed by atoms with E-state index in [2.05, 4.69) is 36.8 Å². The van der Waals surface area contributed by atoms with Gasteiger partial charge in [0, 0.05) is 6.07 Å². The van der Waals surface area contributed by atoms with Crippen molar-refractivity contribution < 1.29 is 53.6 Å². The molecule has 1 aromatic heterocycles. The summed E-state index contributed by atoms with van der Waals surface area (Å²) >= 11 is 0. The number of nitrogens with zero attached hydrogens (tertiary/aromatic N) is 1. The van der Waals surface area contributed by atoms with Gasteiger partial charge in [0.2, 0.25) is 0 Å². The van der Waals surface area contributed by atoms with E-state index < -0.39 is 39.6 Å². The summed E-state index contributed by atoms with van der Waals surface area (Å²) in [6.07, 6.45) is 5.85. The summed E-state index contributed by atoms with van der Waals surface area (Å²) < 4.78 is 4.92. The third kappa shape index (κ3) is 4.59. The van der Waals surface area contributed by atoms with Crippen LogP contribution in [0.25, 0.3) is 0 Å². The molecule has 0 saturated carbocycles. The van der Waals surface area contributed by atoms with E-state index in [-0.39, 0.29) is 61.1 Å². The Labute approximate surface area is 203 Å². The summed E-state index contributed by atoms with van der Waals surface area (Å²) in [6.45, 7) is 16.3. The van der Waals surface area contributed by atoms with Crippen LogP contribution in [0.4, 0.5) is 5.82 Å². The van der Waals surface area contributed by atoms with E-state index in [0.29, 0.717) is 5.76 Å². The number of aliphatic hydroxyl groups excluding tert-OH is 1. The van der Waals surface area contributed by atoms with Crippen LogP contribution in [0.3, 0.4) is 0 Å². The van der Waals surface area contributed by atoms with Gasteiger partial charge in [0.15, 0.2) is 17.4 Å². The van der Waals surface area contributed by atoms with Crippen molar-refractivity contribution in [1.29, 1.82) is 0 Å². The van der Waals surface area contributed by atoms with Crippen LogP contribution in [0.2, 0.25) is 0 Å². The average molecular weight is 433 g/mol. The molecule has 0 aromatic carbocycles. The molecular weight excluding hydrogens is 407 g/mol. The second kappa shape index (κ2) is 10.7. The van der Waals surface area contributed by atoms with Crippen molar-refractivity contribution in [1.82, 2.24) is 5.16 Å². The number of nitrogens with one attached hydrogen (secondary N) is 1. The molecule has 0 aliphatic heterocycles. The second-order valence-electron chi connectivity index (χ2n) is 7.29. The maximum atomic E-state index is 13.7. The van der Waals surface area contributed by atoms with Gasteiger partial charge in [-0.1, -0.05) is 29.5 Å². The molecule has 0 atom stereocenters. The Balaban J connectivity index is 0.00000480. The number of hydrogen-bond donors (Lipinski definition) is 2. The van der Waals surface area contributed by atoms with Crippen LogP contribution in [-0.4, -0.2) is 27.7 Å². The van der Waals surface area contributed by atoms with Crippen molar-refractivity contribution in [3.63, 3.8) is 0 Å². The first-order valence-electron chi connectivity index (χ1n) is 9.45. The molecule has 158 valence electrons. The first kappa shape index (κ1) is 26.6. The number of carbonyl (C=O) groups excluding carboxylic acids is 3. The van der Waals surface area contributed by atoms with E-state index in [4.69, 9.17) is 4.52 Å². The Kier molecular flexibility index (Phi) is 9.17. The minimum Gasteiger partial charge on any atom is -0.510 e. The minimum absolute atomic E-state index is 0. The van der Waals surface area contributed by atoms with Crippen molar-refractivity contribution in [2.45, 2.75) is 32.6 Å². The second-order valence-corrected chi connectivity index (χ2v) is 7.29. The van der Waals surface area contributed by atoms with Gasteiger partial charge < -0.3 is 14.9 Å². The molecule has 1 amide bonds. The van der Waals surface area contributed by atoms with Crippen LogP contribution in [-0.2, 0) is 14.4 Å². The Bertz CT molecular complexity index is 937. The topological polar surface area (TPSA) is 110 Å². The zero-order chi connectivity index (χ0) is 22.5. The van der Waals surface area contributed by atoms with Crippen LogP contribution in [0.15, 0.2) is 72.5 Å². The number of anilines is 1. The molecule has 0 unspecified atom stereocenters. The smallest absolute Gasteiger partial charge is 0.510 e. The molecule has 1 aromatic rings. The van der Waals surface area contributed by atoms with Gasteiger partial charge in [-0.25, -0.2) is 0 Å². The van der Waals surface area contributed by atoms with E-state index in [1.807, 2.05) is 0 Å². The van der Waals surface area contributed by atoms with Gasteiger partial charge in [0.25, 0.3) is 5.91 Å². The number of allylic oxidation sites excluding steroid dienone is 5. The summed E-state index contributed by atoms with van der Waals surface area (Å²) in [6, 6.07) is 1.47. The average Bonchev–Trinajstić information content (AvgIpc) is 3.10. The number of hydrogen-bond acceptors (Lipinski definition) is 6. The van der Waals surface area contributed by atoms with Crippen molar-refractivity contribution >= 4 is 23.3 Å². The molecule has 0 fully saturated rings. The summed E-state index contributed by atoms with van der Waals surface area (Å²) in [5, 5.41) is 17.2. The molecule has 31 heavy (non-hydrogen) atoms.